The predicted octanol–water partition coefficient (Wildman–Crippen LogP) is 4.82. The zero-order chi connectivity index (χ0) is 22.2. The Morgan fingerprint density at radius 1 is 1.06 bits per heavy atom. The summed E-state index contributed by atoms with van der Waals surface area (Å²) >= 11 is 0. The number of para-hydroxylation sites is 1. The van der Waals surface area contributed by atoms with E-state index in [1.165, 1.54) is 23.8 Å². The number of carbonyl (C=O) groups is 2. The van der Waals surface area contributed by atoms with Gasteiger partial charge in [0.1, 0.15) is 24.0 Å². The summed E-state index contributed by atoms with van der Waals surface area (Å²) in [6, 6.07) is 22.9. The predicted molar refractivity (Wildman–Crippen MR) is 118 cm³/mol. The molecule has 154 valence electrons. The molecule has 0 spiro atoms. The van der Waals surface area contributed by atoms with Crippen LogP contribution in [0.5, 0.6) is 5.75 Å². The number of nitriles is 1. The van der Waals surface area contributed by atoms with Gasteiger partial charge < -0.3 is 15.2 Å². The minimum absolute atomic E-state index is 0.0559. The van der Waals surface area contributed by atoms with E-state index >= 15 is 0 Å². The van der Waals surface area contributed by atoms with E-state index in [0.717, 1.165) is 5.56 Å². The first-order chi connectivity index (χ1) is 15.0. The number of anilines is 1. The van der Waals surface area contributed by atoms with Gasteiger partial charge in [0, 0.05) is 0 Å². The van der Waals surface area contributed by atoms with Crippen LogP contribution in [-0.2, 0) is 11.4 Å². The van der Waals surface area contributed by atoms with Crippen LogP contribution in [0.2, 0.25) is 0 Å². The van der Waals surface area contributed by atoms with Crippen LogP contribution in [0.15, 0.2) is 78.4 Å². The molecule has 0 aromatic heterocycles. The second-order valence-electron chi connectivity index (χ2n) is 6.82. The van der Waals surface area contributed by atoms with Gasteiger partial charge in [-0.15, -0.1) is 0 Å². The number of aromatic carboxylic acids is 1. The lowest BCUT2D eigenvalue weighted by Gasteiger charge is -2.09. The molecule has 0 aliphatic heterocycles. The van der Waals surface area contributed by atoms with Gasteiger partial charge in [0.05, 0.1) is 11.3 Å². The highest BCUT2D eigenvalue weighted by Crippen LogP contribution is 2.19. The van der Waals surface area contributed by atoms with Crippen LogP contribution in [0.1, 0.15) is 27.0 Å². The van der Waals surface area contributed by atoms with Crippen LogP contribution in [0.4, 0.5) is 5.69 Å². The number of carboxylic acid groups (broad SMARTS) is 1. The van der Waals surface area contributed by atoms with Gasteiger partial charge in [-0.3, -0.25) is 4.79 Å². The van der Waals surface area contributed by atoms with Crippen molar-refractivity contribution >= 4 is 23.6 Å². The Morgan fingerprint density at radius 2 is 1.81 bits per heavy atom. The molecule has 31 heavy (non-hydrogen) atoms. The summed E-state index contributed by atoms with van der Waals surface area (Å²) in [5.74, 6) is -1.26. The third-order valence-corrected chi connectivity index (χ3v) is 4.47. The fourth-order valence-corrected chi connectivity index (χ4v) is 2.83. The molecule has 0 fully saturated rings. The van der Waals surface area contributed by atoms with Crippen molar-refractivity contribution in [1.29, 1.82) is 5.26 Å². The van der Waals surface area contributed by atoms with E-state index in [2.05, 4.69) is 5.32 Å². The number of carbonyl (C=O) groups excluding carboxylic acids is 1. The second-order valence-corrected chi connectivity index (χ2v) is 6.82. The summed E-state index contributed by atoms with van der Waals surface area (Å²) in [5.41, 5.74) is 2.72. The average molecular weight is 412 g/mol. The molecule has 6 heteroatoms. The molecule has 0 heterocycles. The average Bonchev–Trinajstić information content (AvgIpc) is 2.77. The van der Waals surface area contributed by atoms with Gasteiger partial charge in [-0.1, -0.05) is 54.1 Å². The highest BCUT2D eigenvalue weighted by atomic mass is 16.5. The van der Waals surface area contributed by atoms with Crippen LogP contribution >= 0.6 is 0 Å². The lowest BCUT2D eigenvalue weighted by atomic mass is 10.1. The Hall–Kier alpha value is -4.37. The normalized spacial score (nSPS) is 10.8. The Bertz CT molecular complexity index is 1170. The van der Waals surface area contributed by atoms with Crippen molar-refractivity contribution in [1.82, 2.24) is 0 Å². The summed E-state index contributed by atoms with van der Waals surface area (Å²) in [6.07, 6.45) is 1.43. The number of hydrogen-bond acceptors (Lipinski definition) is 4. The fraction of sp³-hybridized carbons (Fsp3) is 0.0800. The highest BCUT2D eigenvalue weighted by molar-refractivity contribution is 6.11. The smallest absolute Gasteiger partial charge is 0.337 e. The van der Waals surface area contributed by atoms with Crippen molar-refractivity contribution in [3.05, 3.63) is 101 Å². The van der Waals surface area contributed by atoms with Gasteiger partial charge in [-0.2, -0.15) is 5.26 Å². The standard InChI is InChI=1S/C25H20N2O4/c1-17-9-11-18(12-10-17)16-31-21-6-4-5-19(14-21)13-20(15-26)24(28)27-23-8-3-2-7-22(23)25(29)30/h2-14H,16H2,1H3,(H,27,28)(H,29,30)/b20-13+. The van der Waals surface area contributed by atoms with Crippen LogP contribution in [0, 0.1) is 18.3 Å². The first-order valence-corrected chi connectivity index (χ1v) is 9.50. The minimum Gasteiger partial charge on any atom is -0.489 e. The molecule has 6 nitrogen and oxygen atoms in total. The number of nitrogens with one attached hydrogen (secondary N) is 1. The summed E-state index contributed by atoms with van der Waals surface area (Å²) < 4.78 is 5.81. The zero-order valence-corrected chi connectivity index (χ0v) is 16.8. The van der Waals surface area contributed by atoms with Gasteiger partial charge in [-0.25, -0.2) is 4.79 Å². The molecule has 0 aliphatic rings. The van der Waals surface area contributed by atoms with Crippen LogP contribution < -0.4 is 10.1 Å². The van der Waals surface area contributed by atoms with Gasteiger partial charge in [0.2, 0.25) is 0 Å². The lowest BCUT2D eigenvalue weighted by molar-refractivity contribution is -0.112. The Morgan fingerprint density at radius 3 is 2.52 bits per heavy atom. The maximum atomic E-state index is 12.5. The summed E-state index contributed by atoms with van der Waals surface area (Å²) in [6.45, 7) is 2.41. The van der Waals surface area contributed by atoms with E-state index < -0.39 is 11.9 Å². The first kappa shape index (κ1) is 21.3. The molecule has 1 amide bonds. The highest BCUT2D eigenvalue weighted by Gasteiger charge is 2.15. The molecule has 3 rings (SSSR count). The molecule has 0 radical (unpaired) electrons. The second kappa shape index (κ2) is 9.90. The van der Waals surface area contributed by atoms with E-state index in [4.69, 9.17) is 4.74 Å². The molecule has 3 aromatic rings. The molecule has 2 N–H and O–H groups in total. The number of carboxylic acids is 1. The van der Waals surface area contributed by atoms with E-state index in [-0.39, 0.29) is 16.8 Å². The molecule has 0 saturated carbocycles. The molecule has 0 atom stereocenters. The summed E-state index contributed by atoms with van der Waals surface area (Å²) in [7, 11) is 0. The minimum atomic E-state index is -1.17. The van der Waals surface area contributed by atoms with E-state index in [0.29, 0.717) is 17.9 Å². The quantitative estimate of drug-likeness (QED) is 0.428. The molecular formula is C25H20N2O4. The third kappa shape index (κ3) is 5.81. The third-order valence-electron chi connectivity index (χ3n) is 4.47. The molecule has 3 aromatic carbocycles. The molecule has 0 saturated heterocycles. The number of nitrogens with zero attached hydrogens (tertiary/aromatic N) is 1. The van der Waals surface area contributed by atoms with E-state index in [9.17, 15) is 20.0 Å². The number of aryl methyl sites for hydroxylation is 1. The Kier molecular flexibility index (Phi) is 6.82. The zero-order valence-electron chi connectivity index (χ0n) is 16.8. The van der Waals surface area contributed by atoms with E-state index in [1.54, 1.807) is 36.4 Å². The van der Waals surface area contributed by atoms with Crippen molar-refractivity contribution in [3.8, 4) is 11.8 Å². The number of rotatable bonds is 7. The van der Waals surface area contributed by atoms with Crippen molar-refractivity contribution < 1.29 is 19.4 Å². The van der Waals surface area contributed by atoms with Crippen LogP contribution in [0.3, 0.4) is 0 Å². The Balaban J connectivity index is 1.74. The van der Waals surface area contributed by atoms with Gasteiger partial charge >= 0.3 is 5.97 Å². The van der Waals surface area contributed by atoms with Gasteiger partial charge in [0.25, 0.3) is 5.91 Å². The number of amides is 1. The number of benzene rings is 3. The van der Waals surface area contributed by atoms with Crippen molar-refractivity contribution in [3.63, 3.8) is 0 Å². The largest absolute Gasteiger partial charge is 0.489 e. The van der Waals surface area contributed by atoms with Crippen molar-refractivity contribution in [2.24, 2.45) is 0 Å². The Labute approximate surface area is 180 Å². The van der Waals surface area contributed by atoms with Gasteiger partial charge in [0.15, 0.2) is 0 Å². The van der Waals surface area contributed by atoms with E-state index in [1.807, 2.05) is 37.3 Å². The van der Waals surface area contributed by atoms with Crippen LogP contribution in [-0.4, -0.2) is 17.0 Å². The maximum Gasteiger partial charge on any atom is 0.337 e. The van der Waals surface area contributed by atoms with Crippen LogP contribution in [0.25, 0.3) is 6.08 Å². The number of hydrogen-bond donors (Lipinski definition) is 2. The molecular weight excluding hydrogens is 392 g/mol. The number of ether oxygens (including phenoxy) is 1. The SMILES string of the molecule is Cc1ccc(COc2cccc(/C=C(\C#N)C(=O)Nc3ccccc3C(=O)O)c2)cc1. The summed E-state index contributed by atoms with van der Waals surface area (Å²) in [5, 5.41) is 21.2. The summed E-state index contributed by atoms with van der Waals surface area (Å²) in [4.78, 5) is 23.8. The van der Waals surface area contributed by atoms with Crippen molar-refractivity contribution in [2.75, 3.05) is 5.32 Å². The maximum absolute atomic E-state index is 12.5. The molecule has 0 unspecified atom stereocenters. The molecule has 0 bridgehead atoms. The lowest BCUT2D eigenvalue weighted by Crippen LogP contribution is -2.16. The fourth-order valence-electron chi connectivity index (χ4n) is 2.83. The van der Waals surface area contributed by atoms with Gasteiger partial charge in [-0.05, 0) is 48.4 Å². The monoisotopic (exact) mass is 412 g/mol. The first-order valence-electron chi connectivity index (χ1n) is 9.50. The topological polar surface area (TPSA) is 99.4 Å². The van der Waals surface area contributed by atoms with Crippen molar-refractivity contribution in [2.45, 2.75) is 13.5 Å². The molecule has 0 aliphatic carbocycles.